The largest absolute Gasteiger partial charge is 0.489 e. The lowest BCUT2D eigenvalue weighted by Gasteiger charge is -2.14. The number of nitrogens with one attached hydrogen (secondary N) is 2. The minimum absolute atomic E-state index is 0.324. The van der Waals surface area contributed by atoms with Crippen molar-refractivity contribution >= 4 is 23.2 Å². The number of hydrogen-bond donors (Lipinski definition) is 2. The highest BCUT2D eigenvalue weighted by Gasteiger charge is 2.28. The van der Waals surface area contributed by atoms with E-state index < -0.39 is 0 Å². The Morgan fingerprint density at radius 2 is 2.12 bits per heavy atom. The molecule has 2 aliphatic rings. The van der Waals surface area contributed by atoms with E-state index in [2.05, 4.69) is 55.1 Å². The molecule has 0 bridgehead atoms. The van der Waals surface area contributed by atoms with Gasteiger partial charge in [0.2, 0.25) is 0 Å². The zero-order valence-electron chi connectivity index (χ0n) is 15.1. The third kappa shape index (κ3) is 3.50. The molecule has 0 spiro atoms. The molecule has 0 saturated heterocycles. The summed E-state index contributed by atoms with van der Waals surface area (Å²) in [5.41, 5.74) is 6.36. The van der Waals surface area contributed by atoms with Crippen LogP contribution in [0.3, 0.4) is 0 Å². The second kappa shape index (κ2) is 7.66. The zero-order chi connectivity index (χ0) is 17.1. The minimum atomic E-state index is 0.324. The second-order valence-electron chi connectivity index (χ2n) is 6.56. The standard InChI is InChI=1S/C20H28N2OS/c1-5-7-17-10-15-9-16(22-24-6-2)12-18(20(15)23-17)14-8-13(3)19(11-14)21-4/h8-9,11-12,17,19,21-22H,5-7,10H2,1-4H3. The van der Waals surface area contributed by atoms with Gasteiger partial charge in [0.1, 0.15) is 11.9 Å². The van der Waals surface area contributed by atoms with E-state index >= 15 is 0 Å². The number of hydrogen-bond acceptors (Lipinski definition) is 4. The van der Waals surface area contributed by atoms with Crippen LogP contribution in [0.1, 0.15) is 44.7 Å². The molecule has 4 heteroatoms. The maximum atomic E-state index is 6.33. The van der Waals surface area contributed by atoms with E-state index in [0.717, 1.165) is 30.8 Å². The molecule has 0 aromatic heterocycles. The van der Waals surface area contributed by atoms with Crippen LogP contribution in [0.25, 0.3) is 5.57 Å². The Bertz CT molecular complexity index is 666. The van der Waals surface area contributed by atoms with Crippen molar-refractivity contribution in [2.75, 3.05) is 17.5 Å². The summed E-state index contributed by atoms with van der Waals surface area (Å²) in [6, 6.07) is 4.83. The Kier molecular flexibility index (Phi) is 5.57. The number of ether oxygens (including phenoxy) is 1. The molecule has 1 aliphatic heterocycles. The van der Waals surface area contributed by atoms with Crippen LogP contribution in [0.4, 0.5) is 5.69 Å². The van der Waals surface area contributed by atoms with Crippen LogP contribution in [0.5, 0.6) is 5.75 Å². The number of benzene rings is 1. The molecule has 2 unspecified atom stereocenters. The van der Waals surface area contributed by atoms with Gasteiger partial charge in [0.25, 0.3) is 0 Å². The molecule has 1 heterocycles. The Balaban J connectivity index is 1.97. The van der Waals surface area contributed by atoms with E-state index in [1.165, 1.54) is 28.0 Å². The van der Waals surface area contributed by atoms with E-state index in [1.807, 2.05) is 7.05 Å². The molecule has 1 aliphatic carbocycles. The summed E-state index contributed by atoms with van der Waals surface area (Å²) in [5, 5.41) is 3.35. The van der Waals surface area contributed by atoms with E-state index in [9.17, 15) is 0 Å². The lowest BCUT2D eigenvalue weighted by atomic mass is 9.99. The lowest BCUT2D eigenvalue weighted by Crippen LogP contribution is -2.21. The van der Waals surface area contributed by atoms with Crippen molar-refractivity contribution in [3.05, 3.63) is 41.0 Å². The van der Waals surface area contributed by atoms with E-state index in [1.54, 1.807) is 11.9 Å². The smallest absolute Gasteiger partial charge is 0.131 e. The van der Waals surface area contributed by atoms with Gasteiger partial charge in [-0.05, 0) is 38.1 Å². The van der Waals surface area contributed by atoms with Gasteiger partial charge in [-0.15, -0.1) is 0 Å². The van der Waals surface area contributed by atoms with Crippen molar-refractivity contribution in [3.8, 4) is 5.75 Å². The molecule has 3 nitrogen and oxygen atoms in total. The first-order valence-electron chi connectivity index (χ1n) is 8.95. The van der Waals surface area contributed by atoms with Crippen molar-refractivity contribution in [3.63, 3.8) is 0 Å². The fourth-order valence-electron chi connectivity index (χ4n) is 3.52. The van der Waals surface area contributed by atoms with Gasteiger partial charge in [0.15, 0.2) is 0 Å². The monoisotopic (exact) mass is 344 g/mol. The molecular formula is C20H28N2OS. The Morgan fingerprint density at radius 3 is 2.79 bits per heavy atom. The van der Waals surface area contributed by atoms with Crippen LogP contribution < -0.4 is 14.8 Å². The Morgan fingerprint density at radius 1 is 1.29 bits per heavy atom. The van der Waals surface area contributed by atoms with Gasteiger partial charge < -0.3 is 14.8 Å². The Hall–Kier alpha value is -1.39. The molecule has 2 N–H and O–H groups in total. The summed E-state index contributed by atoms with van der Waals surface area (Å²) in [7, 11) is 2.01. The average molecular weight is 345 g/mol. The first-order chi connectivity index (χ1) is 11.7. The Labute approximate surface area is 150 Å². The number of likely N-dealkylation sites (N-methyl/N-ethyl adjacent to an activating group) is 1. The van der Waals surface area contributed by atoms with E-state index in [4.69, 9.17) is 4.74 Å². The number of fused-ring (bicyclic) bond motifs is 1. The van der Waals surface area contributed by atoms with Crippen LogP contribution in [-0.4, -0.2) is 24.9 Å². The average Bonchev–Trinajstić information content (AvgIpc) is 3.15. The molecule has 0 radical (unpaired) electrons. The minimum Gasteiger partial charge on any atom is -0.489 e. The molecule has 24 heavy (non-hydrogen) atoms. The summed E-state index contributed by atoms with van der Waals surface area (Å²) in [6.45, 7) is 6.57. The van der Waals surface area contributed by atoms with Gasteiger partial charge in [0.05, 0.1) is 0 Å². The molecule has 0 saturated carbocycles. The first kappa shape index (κ1) is 17.4. The van der Waals surface area contributed by atoms with Crippen molar-refractivity contribution in [1.29, 1.82) is 0 Å². The van der Waals surface area contributed by atoms with Crippen LogP contribution in [-0.2, 0) is 6.42 Å². The first-order valence-corrected chi connectivity index (χ1v) is 9.93. The van der Waals surface area contributed by atoms with Gasteiger partial charge >= 0.3 is 0 Å². The van der Waals surface area contributed by atoms with Gasteiger partial charge in [-0.2, -0.15) is 0 Å². The second-order valence-corrected chi connectivity index (χ2v) is 7.63. The molecule has 0 fully saturated rings. The third-order valence-corrected chi connectivity index (χ3v) is 5.35. The van der Waals surface area contributed by atoms with Crippen LogP contribution in [0.15, 0.2) is 29.9 Å². The van der Waals surface area contributed by atoms with Crippen molar-refractivity contribution in [2.45, 2.75) is 52.2 Å². The van der Waals surface area contributed by atoms with Gasteiger partial charge in [-0.25, -0.2) is 0 Å². The number of allylic oxidation sites excluding steroid dienone is 2. The third-order valence-electron chi connectivity index (χ3n) is 4.68. The predicted octanol–water partition coefficient (Wildman–Crippen LogP) is 4.80. The topological polar surface area (TPSA) is 33.3 Å². The molecule has 1 aromatic rings. The van der Waals surface area contributed by atoms with Gasteiger partial charge in [0, 0.05) is 35.0 Å². The molecule has 1 aromatic carbocycles. The molecule has 3 rings (SSSR count). The normalized spacial score (nSPS) is 22.0. The van der Waals surface area contributed by atoms with Crippen LogP contribution in [0.2, 0.25) is 0 Å². The summed E-state index contributed by atoms with van der Waals surface area (Å²) >= 11 is 1.74. The quantitative estimate of drug-likeness (QED) is 0.696. The van der Waals surface area contributed by atoms with Crippen LogP contribution in [0, 0.1) is 0 Å². The molecule has 2 atom stereocenters. The number of anilines is 1. The summed E-state index contributed by atoms with van der Waals surface area (Å²) in [6.07, 6.45) is 8.21. The highest BCUT2D eigenvalue weighted by atomic mass is 32.2. The fourth-order valence-corrected chi connectivity index (χ4v) is 3.95. The van der Waals surface area contributed by atoms with Gasteiger partial charge in [-0.3, -0.25) is 0 Å². The van der Waals surface area contributed by atoms with Gasteiger partial charge in [-0.1, -0.05) is 49.9 Å². The highest BCUT2D eigenvalue weighted by Crippen LogP contribution is 2.42. The maximum absolute atomic E-state index is 6.33. The van der Waals surface area contributed by atoms with E-state index in [0.29, 0.717) is 12.1 Å². The van der Waals surface area contributed by atoms with Crippen molar-refractivity contribution in [2.24, 2.45) is 0 Å². The maximum Gasteiger partial charge on any atom is 0.131 e. The van der Waals surface area contributed by atoms with Crippen LogP contribution >= 0.6 is 11.9 Å². The summed E-state index contributed by atoms with van der Waals surface area (Å²) in [4.78, 5) is 0. The summed E-state index contributed by atoms with van der Waals surface area (Å²) < 4.78 is 9.80. The lowest BCUT2D eigenvalue weighted by molar-refractivity contribution is 0.220. The highest BCUT2D eigenvalue weighted by molar-refractivity contribution is 8.00. The number of rotatable bonds is 7. The SMILES string of the molecule is CCCC1Cc2cc(NSCC)cc(C3=CC(NC)C(C)=C3)c2O1. The molecule has 0 amide bonds. The fraction of sp³-hybridized carbons (Fsp3) is 0.500. The molecular weight excluding hydrogens is 316 g/mol. The zero-order valence-corrected chi connectivity index (χ0v) is 15.9. The molecule has 130 valence electrons. The van der Waals surface area contributed by atoms with Crippen molar-refractivity contribution in [1.82, 2.24) is 5.32 Å². The predicted molar refractivity (Wildman–Crippen MR) is 106 cm³/mol. The van der Waals surface area contributed by atoms with Crippen molar-refractivity contribution < 1.29 is 4.74 Å². The summed E-state index contributed by atoms with van der Waals surface area (Å²) in [5.74, 6) is 2.14. The van der Waals surface area contributed by atoms with E-state index in [-0.39, 0.29) is 0 Å².